The molecule has 0 bridgehead atoms. The molecule has 0 aliphatic carbocycles. The lowest BCUT2D eigenvalue weighted by molar-refractivity contribution is -0.121. The number of carbonyl (C=O) groups excluding carboxylic acids is 1. The van der Waals surface area contributed by atoms with Gasteiger partial charge in [-0.05, 0) is 24.1 Å². The molecular formula is C13H20FN3O3S. The van der Waals surface area contributed by atoms with Crippen molar-refractivity contribution in [1.29, 1.82) is 0 Å². The van der Waals surface area contributed by atoms with Gasteiger partial charge in [0.1, 0.15) is 10.7 Å². The standard InChI is InChI=1S/C13H20FN3O3S/c1-9(2)8-16-13(18)5-6-17-21(19,20)12-4-3-10(15)7-11(12)14/h3-4,7,9,17H,5-6,8,15H2,1-2H3,(H,16,18). The average molecular weight is 317 g/mol. The first-order valence-electron chi connectivity index (χ1n) is 6.54. The number of nitrogen functional groups attached to an aromatic ring is 1. The highest BCUT2D eigenvalue weighted by molar-refractivity contribution is 7.89. The van der Waals surface area contributed by atoms with Crippen LogP contribution in [0.1, 0.15) is 20.3 Å². The van der Waals surface area contributed by atoms with Gasteiger partial charge < -0.3 is 11.1 Å². The summed E-state index contributed by atoms with van der Waals surface area (Å²) in [6.45, 7) is 4.33. The maximum Gasteiger partial charge on any atom is 0.243 e. The molecule has 0 spiro atoms. The molecule has 1 aromatic rings. The first-order chi connectivity index (χ1) is 9.72. The van der Waals surface area contributed by atoms with E-state index >= 15 is 0 Å². The van der Waals surface area contributed by atoms with E-state index in [0.29, 0.717) is 12.5 Å². The number of hydrogen-bond donors (Lipinski definition) is 3. The predicted molar refractivity (Wildman–Crippen MR) is 78.5 cm³/mol. The molecule has 1 aromatic carbocycles. The van der Waals surface area contributed by atoms with E-state index in [0.717, 1.165) is 12.1 Å². The number of hydrogen-bond acceptors (Lipinski definition) is 4. The molecule has 0 aromatic heterocycles. The molecule has 8 heteroatoms. The maximum atomic E-state index is 13.6. The fraction of sp³-hybridized carbons (Fsp3) is 0.462. The third-order valence-corrected chi connectivity index (χ3v) is 4.09. The fourth-order valence-corrected chi connectivity index (χ4v) is 2.61. The number of nitrogens with one attached hydrogen (secondary N) is 2. The van der Waals surface area contributed by atoms with Crippen molar-refractivity contribution in [1.82, 2.24) is 10.0 Å². The summed E-state index contributed by atoms with van der Waals surface area (Å²) in [5.74, 6) is -0.870. The second kappa shape index (κ2) is 7.37. The number of sulfonamides is 1. The highest BCUT2D eigenvalue weighted by Gasteiger charge is 2.19. The van der Waals surface area contributed by atoms with Crippen LogP contribution in [0.2, 0.25) is 0 Å². The van der Waals surface area contributed by atoms with Gasteiger partial charge in [-0.25, -0.2) is 17.5 Å². The van der Waals surface area contributed by atoms with Crippen LogP contribution in [-0.2, 0) is 14.8 Å². The molecule has 21 heavy (non-hydrogen) atoms. The zero-order chi connectivity index (χ0) is 16.0. The van der Waals surface area contributed by atoms with Crippen LogP contribution in [0.25, 0.3) is 0 Å². The van der Waals surface area contributed by atoms with Crippen molar-refractivity contribution in [2.24, 2.45) is 5.92 Å². The summed E-state index contributed by atoms with van der Waals surface area (Å²) in [6.07, 6.45) is -0.0114. The Bertz CT molecular complexity index is 603. The highest BCUT2D eigenvalue weighted by atomic mass is 32.2. The summed E-state index contributed by atoms with van der Waals surface area (Å²) in [7, 11) is -4.00. The summed E-state index contributed by atoms with van der Waals surface area (Å²) < 4.78 is 39.5. The minimum Gasteiger partial charge on any atom is -0.399 e. The summed E-state index contributed by atoms with van der Waals surface area (Å²) >= 11 is 0. The predicted octanol–water partition coefficient (Wildman–Crippen LogP) is 0.849. The molecule has 1 amide bonds. The minimum atomic E-state index is -4.00. The lowest BCUT2D eigenvalue weighted by Crippen LogP contribution is -2.32. The Labute approximate surface area is 124 Å². The van der Waals surface area contributed by atoms with E-state index in [1.54, 1.807) is 0 Å². The Hall–Kier alpha value is -1.67. The van der Waals surface area contributed by atoms with E-state index in [2.05, 4.69) is 10.0 Å². The molecule has 0 radical (unpaired) electrons. The van der Waals surface area contributed by atoms with E-state index in [1.165, 1.54) is 6.07 Å². The fourth-order valence-electron chi connectivity index (χ4n) is 1.52. The van der Waals surface area contributed by atoms with Gasteiger partial charge in [-0.2, -0.15) is 0 Å². The van der Waals surface area contributed by atoms with Gasteiger partial charge in [0.25, 0.3) is 0 Å². The number of halogens is 1. The van der Waals surface area contributed by atoms with Crippen molar-refractivity contribution in [2.45, 2.75) is 25.2 Å². The SMILES string of the molecule is CC(C)CNC(=O)CCNS(=O)(=O)c1ccc(N)cc1F. The normalized spacial score (nSPS) is 11.6. The van der Waals surface area contributed by atoms with Crippen molar-refractivity contribution >= 4 is 21.6 Å². The molecular weight excluding hydrogens is 297 g/mol. The Balaban J connectivity index is 2.56. The summed E-state index contributed by atoms with van der Waals surface area (Å²) in [4.78, 5) is 11.0. The number of nitrogens with two attached hydrogens (primary N) is 1. The van der Waals surface area contributed by atoms with Gasteiger partial charge in [0, 0.05) is 25.2 Å². The van der Waals surface area contributed by atoms with E-state index in [4.69, 9.17) is 5.73 Å². The lowest BCUT2D eigenvalue weighted by Gasteiger charge is -2.09. The van der Waals surface area contributed by atoms with E-state index in [-0.39, 0.29) is 24.6 Å². The van der Waals surface area contributed by atoms with Crippen molar-refractivity contribution < 1.29 is 17.6 Å². The lowest BCUT2D eigenvalue weighted by atomic mass is 10.2. The van der Waals surface area contributed by atoms with Crippen molar-refractivity contribution in [2.75, 3.05) is 18.8 Å². The number of anilines is 1. The zero-order valence-electron chi connectivity index (χ0n) is 12.0. The van der Waals surface area contributed by atoms with Gasteiger partial charge in [0.15, 0.2) is 0 Å². The quantitative estimate of drug-likeness (QED) is 0.649. The minimum absolute atomic E-state index is 0.0114. The molecule has 0 saturated carbocycles. The van der Waals surface area contributed by atoms with Crippen molar-refractivity contribution in [3.05, 3.63) is 24.0 Å². The zero-order valence-corrected chi connectivity index (χ0v) is 12.8. The summed E-state index contributed by atoms with van der Waals surface area (Å²) in [5.41, 5.74) is 5.50. The van der Waals surface area contributed by atoms with Gasteiger partial charge >= 0.3 is 0 Å². The number of rotatable bonds is 7. The van der Waals surface area contributed by atoms with E-state index in [9.17, 15) is 17.6 Å². The third kappa shape index (κ3) is 5.68. The van der Waals surface area contributed by atoms with Crippen LogP contribution in [0, 0.1) is 11.7 Å². The van der Waals surface area contributed by atoms with Gasteiger partial charge in [-0.15, -0.1) is 0 Å². The van der Waals surface area contributed by atoms with Crippen LogP contribution in [0.5, 0.6) is 0 Å². The smallest absolute Gasteiger partial charge is 0.243 e. The molecule has 0 aliphatic rings. The largest absolute Gasteiger partial charge is 0.399 e. The molecule has 0 saturated heterocycles. The van der Waals surface area contributed by atoms with Crippen molar-refractivity contribution in [3.8, 4) is 0 Å². The van der Waals surface area contributed by atoms with Crippen LogP contribution in [0.3, 0.4) is 0 Å². The molecule has 0 atom stereocenters. The summed E-state index contributed by atoms with van der Waals surface area (Å²) in [6, 6.07) is 3.32. The number of benzene rings is 1. The molecule has 0 aliphatic heterocycles. The monoisotopic (exact) mass is 317 g/mol. The second-order valence-electron chi connectivity index (χ2n) is 5.04. The van der Waals surface area contributed by atoms with Crippen LogP contribution < -0.4 is 15.8 Å². The van der Waals surface area contributed by atoms with Gasteiger partial charge in [0.05, 0.1) is 0 Å². The van der Waals surface area contributed by atoms with Crippen molar-refractivity contribution in [3.63, 3.8) is 0 Å². The molecule has 0 unspecified atom stereocenters. The third-order valence-electron chi connectivity index (χ3n) is 2.60. The summed E-state index contributed by atoms with van der Waals surface area (Å²) in [5, 5.41) is 2.66. The number of amides is 1. The second-order valence-corrected chi connectivity index (χ2v) is 6.77. The van der Waals surface area contributed by atoms with Gasteiger partial charge in [-0.1, -0.05) is 13.8 Å². The molecule has 6 nitrogen and oxygen atoms in total. The molecule has 4 N–H and O–H groups in total. The Morgan fingerprint density at radius 2 is 2.05 bits per heavy atom. The molecule has 1 rings (SSSR count). The van der Waals surface area contributed by atoms with Crippen LogP contribution in [0.4, 0.5) is 10.1 Å². The highest BCUT2D eigenvalue weighted by Crippen LogP contribution is 2.16. The molecule has 0 fully saturated rings. The van der Waals surface area contributed by atoms with Crippen LogP contribution in [-0.4, -0.2) is 27.4 Å². The van der Waals surface area contributed by atoms with Gasteiger partial charge in [-0.3, -0.25) is 4.79 Å². The first-order valence-corrected chi connectivity index (χ1v) is 8.02. The number of carbonyl (C=O) groups is 1. The molecule has 0 heterocycles. The molecule has 118 valence electrons. The van der Waals surface area contributed by atoms with Crippen LogP contribution in [0.15, 0.2) is 23.1 Å². The van der Waals surface area contributed by atoms with Gasteiger partial charge in [0.2, 0.25) is 15.9 Å². The van der Waals surface area contributed by atoms with E-state index in [1.807, 2.05) is 13.8 Å². The average Bonchev–Trinajstić information content (AvgIpc) is 2.35. The topological polar surface area (TPSA) is 101 Å². The Kier molecular flexibility index (Phi) is 6.10. The van der Waals surface area contributed by atoms with Crippen LogP contribution >= 0.6 is 0 Å². The maximum absolute atomic E-state index is 13.6. The Morgan fingerprint density at radius 1 is 1.38 bits per heavy atom. The first kappa shape index (κ1) is 17.4. The Morgan fingerprint density at radius 3 is 2.62 bits per heavy atom. The van der Waals surface area contributed by atoms with E-state index < -0.39 is 20.7 Å².